The minimum absolute atomic E-state index is 0.0276. The van der Waals surface area contributed by atoms with E-state index in [-0.39, 0.29) is 35.5 Å². The number of hydrogen-bond donors (Lipinski definition) is 1. The zero-order valence-corrected chi connectivity index (χ0v) is 24.4. The van der Waals surface area contributed by atoms with Gasteiger partial charge in [0.15, 0.2) is 0 Å². The SMILES string of the molecule is CC[C@@H](C(=O)NC(C)C)N(Cc1ccc(F)cc1)C(=O)CN(c1ccc(Cl)cc1)S(=O)(=O)c1ccc(OC)cc1. The van der Waals surface area contributed by atoms with E-state index in [1.807, 2.05) is 0 Å². The molecule has 2 amide bonds. The zero-order chi connectivity index (χ0) is 29.4. The van der Waals surface area contributed by atoms with Crippen molar-refractivity contribution < 1.29 is 27.1 Å². The minimum Gasteiger partial charge on any atom is -0.497 e. The van der Waals surface area contributed by atoms with E-state index in [9.17, 15) is 22.4 Å². The summed E-state index contributed by atoms with van der Waals surface area (Å²) in [5.41, 5.74) is 0.802. The van der Waals surface area contributed by atoms with Crippen molar-refractivity contribution >= 4 is 39.1 Å². The smallest absolute Gasteiger partial charge is 0.264 e. The molecule has 0 saturated heterocycles. The molecule has 3 aromatic carbocycles. The third kappa shape index (κ3) is 7.73. The topological polar surface area (TPSA) is 96.0 Å². The summed E-state index contributed by atoms with van der Waals surface area (Å²) in [4.78, 5) is 28.4. The van der Waals surface area contributed by atoms with E-state index >= 15 is 0 Å². The van der Waals surface area contributed by atoms with E-state index in [4.69, 9.17) is 16.3 Å². The van der Waals surface area contributed by atoms with Gasteiger partial charge in [0.2, 0.25) is 11.8 Å². The van der Waals surface area contributed by atoms with E-state index < -0.39 is 34.3 Å². The molecule has 214 valence electrons. The number of nitrogens with one attached hydrogen (secondary N) is 1. The van der Waals surface area contributed by atoms with E-state index in [0.29, 0.717) is 16.3 Å². The normalized spacial score (nSPS) is 12.1. The number of rotatable bonds is 12. The summed E-state index contributed by atoms with van der Waals surface area (Å²) in [7, 11) is -2.76. The van der Waals surface area contributed by atoms with Crippen LogP contribution in [-0.2, 0) is 26.2 Å². The summed E-state index contributed by atoms with van der Waals surface area (Å²) < 4.78 is 47.4. The molecule has 0 unspecified atom stereocenters. The number of hydrogen-bond acceptors (Lipinski definition) is 5. The van der Waals surface area contributed by atoms with Gasteiger partial charge in [-0.15, -0.1) is 0 Å². The average molecular weight is 590 g/mol. The Bertz CT molecular complexity index is 1400. The molecule has 0 bridgehead atoms. The first kappa shape index (κ1) is 30.9. The first-order valence-electron chi connectivity index (χ1n) is 12.7. The molecule has 0 aliphatic heterocycles. The van der Waals surface area contributed by atoms with Gasteiger partial charge in [-0.3, -0.25) is 13.9 Å². The fourth-order valence-corrected chi connectivity index (χ4v) is 5.64. The van der Waals surface area contributed by atoms with Crippen LogP contribution in [0.2, 0.25) is 5.02 Å². The van der Waals surface area contributed by atoms with Crippen LogP contribution in [-0.4, -0.2) is 50.9 Å². The van der Waals surface area contributed by atoms with Crippen LogP contribution in [0.4, 0.5) is 10.1 Å². The van der Waals surface area contributed by atoms with Crippen LogP contribution < -0.4 is 14.4 Å². The standard InChI is InChI=1S/C29H33ClFN3O5S/c1-5-27(29(36)32-20(2)3)33(18-21-6-10-23(31)11-7-21)28(35)19-34(24-12-8-22(30)9-13-24)40(37,38)26-16-14-25(39-4)15-17-26/h6-17,20,27H,5,18-19H2,1-4H3,(H,32,36)/t27-/m0/s1. The van der Waals surface area contributed by atoms with Crippen LogP contribution in [0, 0.1) is 5.82 Å². The maximum atomic E-state index is 14.0. The summed E-state index contributed by atoms with van der Waals surface area (Å²) in [5, 5.41) is 3.23. The maximum Gasteiger partial charge on any atom is 0.264 e. The van der Waals surface area contributed by atoms with Crippen molar-refractivity contribution in [1.29, 1.82) is 0 Å². The highest BCUT2D eigenvalue weighted by Gasteiger charge is 2.34. The predicted octanol–water partition coefficient (Wildman–Crippen LogP) is 5.02. The van der Waals surface area contributed by atoms with Gasteiger partial charge >= 0.3 is 0 Å². The summed E-state index contributed by atoms with van der Waals surface area (Å²) >= 11 is 6.05. The van der Waals surface area contributed by atoms with Crippen LogP contribution in [0.1, 0.15) is 32.8 Å². The number of carbonyl (C=O) groups is 2. The summed E-state index contributed by atoms with van der Waals surface area (Å²) in [6, 6.07) is 16.4. The molecule has 11 heteroatoms. The lowest BCUT2D eigenvalue weighted by Gasteiger charge is -2.33. The zero-order valence-electron chi connectivity index (χ0n) is 22.8. The molecular formula is C29H33ClFN3O5S. The van der Waals surface area contributed by atoms with Crippen LogP contribution in [0.3, 0.4) is 0 Å². The van der Waals surface area contributed by atoms with Gasteiger partial charge in [0.25, 0.3) is 10.0 Å². The van der Waals surface area contributed by atoms with Gasteiger partial charge in [-0.2, -0.15) is 0 Å². The van der Waals surface area contributed by atoms with E-state index in [1.54, 1.807) is 20.8 Å². The Morgan fingerprint density at radius 3 is 2.10 bits per heavy atom. The molecule has 0 aliphatic rings. The molecule has 1 atom stereocenters. The van der Waals surface area contributed by atoms with Crippen molar-refractivity contribution in [2.75, 3.05) is 18.0 Å². The van der Waals surface area contributed by atoms with Crippen molar-refractivity contribution in [2.45, 2.75) is 50.7 Å². The van der Waals surface area contributed by atoms with Gasteiger partial charge in [-0.05, 0) is 86.5 Å². The summed E-state index contributed by atoms with van der Waals surface area (Å²) in [5.74, 6) is -0.947. The van der Waals surface area contributed by atoms with Gasteiger partial charge in [0.1, 0.15) is 24.2 Å². The third-order valence-corrected chi connectivity index (χ3v) is 8.16. The number of ether oxygens (including phenoxy) is 1. The summed E-state index contributed by atoms with van der Waals surface area (Å²) in [6.45, 7) is 4.75. The third-order valence-electron chi connectivity index (χ3n) is 6.12. The largest absolute Gasteiger partial charge is 0.497 e. The molecule has 0 heterocycles. The molecule has 3 rings (SSSR count). The number of amides is 2. The molecule has 0 fully saturated rings. The van der Waals surface area contributed by atoms with Crippen LogP contribution in [0.5, 0.6) is 5.75 Å². The van der Waals surface area contributed by atoms with Crippen molar-refractivity contribution in [2.24, 2.45) is 0 Å². The van der Waals surface area contributed by atoms with Crippen molar-refractivity contribution in [3.8, 4) is 5.75 Å². The minimum atomic E-state index is -4.23. The van der Waals surface area contributed by atoms with Crippen molar-refractivity contribution in [1.82, 2.24) is 10.2 Å². The molecule has 0 aromatic heterocycles. The quantitative estimate of drug-likeness (QED) is 0.320. The van der Waals surface area contributed by atoms with Crippen LogP contribution in [0.25, 0.3) is 0 Å². The van der Waals surface area contributed by atoms with E-state index in [0.717, 1.165) is 4.31 Å². The van der Waals surface area contributed by atoms with Gasteiger partial charge in [0, 0.05) is 17.6 Å². The average Bonchev–Trinajstić information content (AvgIpc) is 2.92. The fourth-order valence-electron chi connectivity index (χ4n) is 4.10. The van der Waals surface area contributed by atoms with Gasteiger partial charge in [-0.25, -0.2) is 12.8 Å². The first-order valence-corrected chi connectivity index (χ1v) is 14.5. The van der Waals surface area contributed by atoms with Crippen LogP contribution >= 0.6 is 11.6 Å². The van der Waals surface area contributed by atoms with Gasteiger partial charge in [0.05, 0.1) is 17.7 Å². The lowest BCUT2D eigenvalue weighted by Crippen LogP contribution is -2.53. The second-order valence-corrected chi connectivity index (χ2v) is 11.7. The number of nitrogens with zero attached hydrogens (tertiary/aromatic N) is 2. The lowest BCUT2D eigenvalue weighted by molar-refractivity contribution is -0.140. The predicted molar refractivity (Wildman–Crippen MR) is 153 cm³/mol. The molecule has 1 N–H and O–H groups in total. The molecule has 40 heavy (non-hydrogen) atoms. The molecule has 0 saturated carbocycles. The molecule has 0 aliphatic carbocycles. The highest BCUT2D eigenvalue weighted by Crippen LogP contribution is 2.27. The Labute approximate surface area is 239 Å². The monoisotopic (exact) mass is 589 g/mol. The Hall–Kier alpha value is -3.63. The highest BCUT2D eigenvalue weighted by atomic mass is 35.5. The van der Waals surface area contributed by atoms with Crippen LogP contribution in [0.15, 0.2) is 77.7 Å². The second kappa shape index (κ2) is 13.6. The van der Waals surface area contributed by atoms with Crippen molar-refractivity contribution in [3.05, 3.63) is 89.2 Å². The highest BCUT2D eigenvalue weighted by molar-refractivity contribution is 7.92. The van der Waals surface area contributed by atoms with Crippen molar-refractivity contribution in [3.63, 3.8) is 0 Å². The fraction of sp³-hybridized carbons (Fsp3) is 0.310. The number of anilines is 1. The number of halogens is 2. The van der Waals surface area contributed by atoms with E-state index in [1.165, 1.54) is 84.8 Å². The Morgan fingerprint density at radius 2 is 1.57 bits per heavy atom. The number of sulfonamides is 1. The summed E-state index contributed by atoms with van der Waals surface area (Å²) in [6.07, 6.45) is 0.275. The molecule has 3 aromatic rings. The van der Waals surface area contributed by atoms with Gasteiger partial charge in [-0.1, -0.05) is 30.7 Å². The first-order chi connectivity index (χ1) is 19.0. The van der Waals surface area contributed by atoms with Gasteiger partial charge < -0.3 is 15.0 Å². The molecular weight excluding hydrogens is 557 g/mol. The number of carbonyl (C=O) groups excluding carboxylic acids is 2. The second-order valence-electron chi connectivity index (χ2n) is 9.40. The maximum absolute atomic E-state index is 14.0. The molecule has 0 radical (unpaired) electrons. The molecule has 8 nitrogen and oxygen atoms in total. The Kier molecular flexibility index (Phi) is 10.5. The Morgan fingerprint density at radius 1 is 0.975 bits per heavy atom. The number of benzene rings is 3. The number of methoxy groups -OCH3 is 1. The van der Waals surface area contributed by atoms with E-state index in [2.05, 4.69) is 5.32 Å². The molecule has 0 spiro atoms. The lowest BCUT2D eigenvalue weighted by atomic mass is 10.1. The Balaban J connectivity index is 2.05.